The SMILES string of the molecule is COc1ccc(CCCNC(=O)[C@@H](C)Oc2ccc3ccccc3c2)cc1OC. The normalized spacial score (nSPS) is 11.7. The summed E-state index contributed by atoms with van der Waals surface area (Å²) in [6, 6.07) is 19.8. The third-order valence-electron chi connectivity index (χ3n) is 4.79. The highest BCUT2D eigenvalue weighted by atomic mass is 16.5. The van der Waals surface area contributed by atoms with Crippen LogP contribution in [-0.4, -0.2) is 32.8 Å². The Bertz CT molecular complexity index is 970. The molecule has 3 aromatic rings. The Labute approximate surface area is 171 Å². The van der Waals surface area contributed by atoms with E-state index < -0.39 is 6.10 Å². The van der Waals surface area contributed by atoms with Crippen molar-refractivity contribution in [2.75, 3.05) is 20.8 Å². The Kier molecular flexibility index (Phi) is 6.95. The van der Waals surface area contributed by atoms with Gasteiger partial charge in [-0.2, -0.15) is 0 Å². The zero-order valence-electron chi connectivity index (χ0n) is 17.1. The van der Waals surface area contributed by atoms with Crippen molar-refractivity contribution < 1.29 is 19.0 Å². The molecule has 152 valence electrons. The van der Waals surface area contributed by atoms with Gasteiger partial charge >= 0.3 is 0 Å². The van der Waals surface area contributed by atoms with Gasteiger partial charge in [0.1, 0.15) is 5.75 Å². The predicted octanol–water partition coefficient (Wildman–Crippen LogP) is 4.37. The van der Waals surface area contributed by atoms with Crippen LogP contribution in [0.25, 0.3) is 10.8 Å². The lowest BCUT2D eigenvalue weighted by atomic mass is 10.1. The van der Waals surface area contributed by atoms with E-state index in [-0.39, 0.29) is 5.91 Å². The summed E-state index contributed by atoms with van der Waals surface area (Å²) in [7, 11) is 3.24. The molecule has 0 aromatic heterocycles. The number of methoxy groups -OCH3 is 2. The minimum absolute atomic E-state index is 0.120. The molecule has 0 fully saturated rings. The lowest BCUT2D eigenvalue weighted by Gasteiger charge is -2.15. The maximum absolute atomic E-state index is 12.3. The Morgan fingerprint density at radius 1 is 0.931 bits per heavy atom. The molecule has 1 atom stereocenters. The van der Waals surface area contributed by atoms with E-state index in [0.29, 0.717) is 23.8 Å². The summed E-state index contributed by atoms with van der Waals surface area (Å²) in [5.74, 6) is 2.00. The fourth-order valence-electron chi connectivity index (χ4n) is 3.18. The van der Waals surface area contributed by atoms with Gasteiger partial charge in [-0.15, -0.1) is 0 Å². The Morgan fingerprint density at radius 2 is 1.69 bits per heavy atom. The third-order valence-corrected chi connectivity index (χ3v) is 4.79. The smallest absolute Gasteiger partial charge is 0.260 e. The van der Waals surface area contributed by atoms with E-state index in [0.717, 1.165) is 29.2 Å². The molecule has 0 aliphatic heterocycles. The highest BCUT2D eigenvalue weighted by molar-refractivity contribution is 5.84. The molecule has 0 aliphatic rings. The Morgan fingerprint density at radius 3 is 2.45 bits per heavy atom. The van der Waals surface area contributed by atoms with Crippen molar-refractivity contribution in [1.29, 1.82) is 0 Å². The van der Waals surface area contributed by atoms with Gasteiger partial charge in [-0.25, -0.2) is 0 Å². The average molecular weight is 393 g/mol. The number of rotatable bonds is 9. The van der Waals surface area contributed by atoms with E-state index in [9.17, 15) is 4.79 Å². The largest absolute Gasteiger partial charge is 0.493 e. The molecule has 0 spiro atoms. The zero-order valence-corrected chi connectivity index (χ0v) is 17.1. The summed E-state index contributed by atoms with van der Waals surface area (Å²) >= 11 is 0. The summed E-state index contributed by atoms with van der Waals surface area (Å²) in [6.45, 7) is 2.34. The number of carbonyl (C=O) groups excluding carboxylic acids is 1. The van der Waals surface area contributed by atoms with Gasteiger partial charge in [0.25, 0.3) is 5.91 Å². The summed E-state index contributed by atoms with van der Waals surface area (Å²) in [5.41, 5.74) is 1.14. The summed E-state index contributed by atoms with van der Waals surface area (Å²) in [5, 5.41) is 5.18. The van der Waals surface area contributed by atoms with Crippen LogP contribution in [0.1, 0.15) is 18.9 Å². The maximum atomic E-state index is 12.3. The van der Waals surface area contributed by atoms with Gasteiger partial charge in [0.05, 0.1) is 14.2 Å². The molecule has 0 heterocycles. The predicted molar refractivity (Wildman–Crippen MR) is 115 cm³/mol. The molecule has 5 heteroatoms. The molecule has 3 rings (SSSR count). The van der Waals surface area contributed by atoms with Crippen LogP contribution in [0, 0.1) is 0 Å². The molecule has 0 radical (unpaired) electrons. The molecule has 5 nitrogen and oxygen atoms in total. The highest BCUT2D eigenvalue weighted by Crippen LogP contribution is 2.28. The first-order valence-electron chi connectivity index (χ1n) is 9.75. The van der Waals surface area contributed by atoms with Crippen molar-refractivity contribution in [1.82, 2.24) is 5.32 Å². The van der Waals surface area contributed by atoms with Crippen molar-refractivity contribution in [2.24, 2.45) is 0 Å². The van der Waals surface area contributed by atoms with Crippen molar-refractivity contribution in [2.45, 2.75) is 25.9 Å². The fraction of sp³-hybridized carbons (Fsp3) is 0.292. The first-order chi connectivity index (χ1) is 14.1. The quantitative estimate of drug-likeness (QED) is 0.549. The third kappa shape index (κ3) is 5.41. The Hall–Kier alpha value is -3.21. The number of nitrogens with one attached hydrogen (secondary N) is 1. The van der Waals surface area contributed by atoms with Crippen molar-refractivity contribution in [3.8, 4) is 17.2 Å². The number of fused-ring (bicyclic) bond motifs is 1. The number of benzene rings is 3. The van der Waals surface area contributed by atoms with E-state index >= 15 is 0 Å². The molecule has 0 aliphatic carbocycles. The van der Waals surface area contributed by atoms with Gasteiger partial charge in [0.2, 0.25) is 0 Å². The van der Waals surface area contributed by atoms with Gasteiger partial charge < -0.3 is 19.5 Å². The molecule has 0 saturated heterocycles. The highest BCUT2D eigenvalue weighted by Gasteiger charge is 2.14. The molecule has 0 bridgehead atoms. The summed E-state index contributed by atoms with van der Waals surface area (Å²) in [4.78, 5) is 12.3. The van der Waals surface area contributed by atoms with Crippen LogP contribution in [0.5, 0.6) is 17.2 Å². The first-order valence-corrected chi connectivity index (χ1v) is 9.75. The van der Waals surface area contributed by atoms with Crippen LogP contribution in [0.2, 0.25) is 0 Å². The van der Waals surface area contributed by atoms with Gasteiger partial charge in [-0.1, -0.05) is 36.4 Å². The number of amides is 1. The molecule has 29 heavy (non-hydrogen) atoms. The molecule has 0 saturated carbocycles. The lowest BCUT2D eigenvalue weighted by Crippen LogP contribution is -2.36. The number of ether oxygens (including phenoxy) is 3. The van der Waals surface area contributed by atoms with Gasteiger partial charge in [0.15, 0.2) is 17.6 Å². The summed E-state index contributed by atoms with van der Waals surface area (Å²) < 4.78 is 16.4. The molecular formula is C24H27NO4. The number of aryl methyl sites for hydroxylation is 1. The van der Waals surface area contributed by atoms with Gasteiger partial charge in [-0.05, 0) is 60.4 Å². The molecule has 1 N–H and O–H groups in total. The number of carbonyl (C=O) groups is 1. The van der Waals surface area contributed by atoms with E-state index in [1.807, 2.05) is 60.7 Å². The second-order valence-electron chi connectivity index (χ2n) is 6.85. The maximum Gasteiger partial charge on any atom is 0.260 e. The monoisotopic (exact) mass is 393 g/mol. The van der Waals surface area contributed by atoms with E-state index in [2.05, 4.69) is 5.32 Å². The average Bonchev–Trinajstić information content (AvgIpc) is 2.76. The fourth-order valence-corrected chi connectivity index (χ4v) is 3.18. The second kappa shape index (κ2) is 9.82. The standard InChI is InChI=1S/C24H27NO4/c1-17(29-21-12-11-19-8-4-5-9-20(19)16-21)24(26)25-14-6-7-18-10-13-22(27-2)23(15-18)28-3/h4-5,8-13,15-17H,6-7,14H2,1-3H3,(H,25,26)/t17-/m1/s1. The van der Waals surface area contributed by atoms with E-state index in [1.165, 1.54) is 0 Å². The van der Waals surface area contributed by atoms with Gasteiger partial charge in [-0.3, -0.25) is 4.79 Å². The number of hydrogen-bond acceptors (Lipinski definition) is 4. The van der Waals surface area contributed by atoms with Crippen LogP contribution < -0.4 is 19.5 Å². The molecular weight excluding hydrogens is 366 g/mol. The topological polar surface area (TPSA) is 56.8 Å². The van der Waals surface area contributed by atoms with Crippen LogP contribution in [0.4, 0.5) is 0 Å². The van der Waals surface area contributed by atoms with Crippen LogP contribution in [-0.2, 0) is 11.2 Å². The van der Waals surface area contributed by atoms with E-state index in [1.54, 1.807) is 21.1 Å². The van der Waals surface area contributed by atoms with Gasteiger partial charge in [0, 0.05) is 6.54 Å². The van der Waals surface area contributed by atoms with Crippen molar-refractivity contribution in [3.05, 3.63) is 66.2 Å². The molecule has 3 aromatic carbocycles. The van der Waals surface area contributed by atoms with E-state index in [4.69, 9.17) is 14.2 Å². The Balaban J connectivity index is 1.46. The minimum Gasteiger partial charge on any atom is -0.493 e. The molecule has 1 amide bonds. The lowest BCUT2D eigenvalue weighted by molar-refractivity contribution is -0.127. The molecule has 0 unspecified atom stereocenters. The van der Waals surface area contributed by atoms with Crippen LogP contribution in [0.3, 0.4) is 0 Å². The summed E-state index contributed by atoms with van der Waals surface area (Å²) in [6.07, 6.45) is 1.10. The van der Waals surface area contributed by atoms with Crippen molar-refractivity contribution in [3.63, 3.8) is 0 Å². The number of hydrogen-bond donors (Lipinski definition) is 1. The second-order valence-corrected chi connectivity index (χ2v) is 6.85. The van der Waals surface area contributed by atoms with Crippen LogP contribution in [0.15, 0.2) is 60.7 Å². The zero-order chi connectivity index (χ0) is 20.6. The van der Waals surface area contributed by atoms with Crippen LogP contribution >= 0.6 is 0 Å². The minimum atomic E-state index is -0.558. The first kappa shape index (κ1) is 20.5. The van der Waals surface area contributed by atoms with Crippen molar-refractivity contribution >= 4 is 16.7 Å².